The fourth-order valence-corrected chi connectivity index (χ4v) is 2.02. The Morgan fingerprint density at radius 1 is 1.58 bits per heavy atom. The third-order valence-corrected chi connectivity index (χ3v) is 3.09. The van der Waals surface area contributed by atoms with Crippen LogP contribution in [0.25, 0.3) is 0 Å². The normalized spacial score (nSPS) is 13.4. The summed E-state index contributed by atoms with van der Waals surface area (Å²) in [6.45, 7) is 3.08. The monoisotopic (exact) mass is 331 g/mol. The molecule has 0 aliphatic heterocycles. The van der Waals surface area contributed by atoms with E-state index in [4.69, 9.17) is 10.5 Å². The van der Waals surface area contributed by atoms with Gasteiger partial charge in [0.05, 0.1) is 11.1 Å². The average Bonchev–Trinajstić information content (AvgIpc) is 2.34. The number of halogens is 2. The second-order valence-electron chi connectivity index (χ2n) is 4.27. The van der Waals surface area contributed by atoms with Crippen molar-refractivity contribution in [2.75, 3.05) is 20.3 Å². The van der Waals surface area contributed by atoms with Gasteiger partial charge in [0.1, 0.15) is 5.82 Å². The molecule has 1 rings (SSSR count). The lowest BCUT2D eigenvalue weighted by Gasteiger charge is -2.13. The smallest absolute Gasteiger partial charge is 0.188 e. The van der Waals surface area contributed by atoms with Crippen LogP contribution in [0.2, 0.25) is 0 Å². The fraction of sp³-hybridized carbons (Fsp3) is 0.462. The molecular formula is C13H19BrFN3O. The van der Waals surface area contributed by atoms with Gasteiger partial charge < -0.3 is 15.8 Å². The first-order valence-electron chi connectivity index (χ1n) is 6.02. The standard InChI is InChI=1S/C13H19BrFN3O/c1-9(8-19-2)18-13(16)17-6-5-10-3-4-12(15)11(14)7-10/h3-4,7,9H,5-6,8H2,1-2H3,(H3,16,17,18). The highest BCUT2D eigenvalue weighted by atomic mass is 79.9. The Kier molecular flexibility index (Phi) is 6.80. The number of methoxy groups -OCH3 is 1. The lowest BCUT2D eigenvalue weighted by atomic mass is 10.1. The van der Waals surface area contributed by atoms with Gasteiger partial charge in [0.25, 0.3) is 0 Å². The van der Waals surface area contributed by atoms with Crippen LogP contribution in [-0.2, 0) is 11.2 Å². The summed E-state index contributed by atoms with van der Waals surface area (Å²) in [5.74, 6) is 0.132. The maximum atomic E-state index is 13.0. The van der Waals surface area contributed by atoms with Gasteiger partial charge >= 0.3 is 0 Å². The first-order chi connectivity index (χ1) is 9.02. The van der Waals surface area contributed by atoms with Crippen LogP contribution in [0.3, 0.4) is 0 Å². The van der Waals surface area contributed by atoms with E-state index in [1.807, 2.05) is 6.92 Å². The molecule has 0 spiro atoms. The number of ether oxygens (including phenoxy) is 1. The second-order valence-corrected chi connectivity index (χ2v) is 5.12. The summed E-state index contributed by atoms with van der Waals surface area (Å²) in [5.41, 5.74) is 6.75. The molecule has 3 N–H and O–H groups in total. The van der Waals surface area contributed by atoms with Crippen LogP contribution in [0, 0.1) is 5.82 Å². The highest BCUT2D eigenvalue weighted by Crippen LogP contribution is 2.17. The van der Waals surface area contributed by atoms with Crippen molar-refractivity contribution < 1.29 is 9.13 Å². The number of hydrogen-bond donors (Lipinski definition) is 2. The zero-order valence-electron chi connectivity index (χ0n) is 11.1. The van der Waals surface area contributed by atoms with E-state index >= 15 is 0 Å². The van der Waals surface area contributed by atoms with E-state index in [1.54, 1.807) is 19.2 Å². The van der Waals surface area contributed by atoms with Gasteiger partial charge in [0.15, 0.2) is 5.96 Å². The van der Waals surface area contributed by atoms with E-state index in [9.17, 15) is 4.39 Å². The minimum atomic E-state index is -0.262. The van der Waals surface area contributed by atoms with Crippen molar-refractivity contribution in [2.45, 2.75) is 19.4 Å². The molecule has 4 nitrogen and oxygen atoms in total. The molecule has 0 saturated heterocycles. The Morgan fingerprint density at radius 2 is 2.32 bits per heavy atom. The van der Waals surface area contributed by atoms with Crippen LogP contribution in [0.5, 0.6) is 0 Å². The molecule has 0 radical (unpaired) electrons. The maximum absolute atomic E-state index is 13.0. The van der Waals surface area contributed by atoms with Crippen LogP contribution >= 0.6 is 15.9 Å². The summed E-state index contributed by atoms with van der Waals surface area (Å²) in [6.07, 6.45) is 0.708. The molecule has 1 atom stereocenters. The van der Waals surface area contributed by atoms with Crippen LogP contribution in [0.4, 0.5) is 4.39 Å². The Labute approximate surface area is 121 Å². The molecule has 106 valence electrons. The van der Waals surface area contributed by atoms with Gasteiger partial charge in [-0.2, -0.15) is 0 Å². The zero-order chi connectivity index (χ0) is 14.3. The molecule has 1 unspecified atom stereocenters. The Morgan fingerprint density at radius 3 is 2.95 bits per heavy atom. The van der Waals surface area contributed by atoms with Gasteiger partial charge in [-0.25, -0.2) is 4.39 Å². The first kappa shape index (κ1) is 15.9. The van der Waals surface area contributed by atoms with Crippen molar-refractivity contribution in [2.24, 2.45) is 10.7 Å². The van der Waals surface area contributed by atoms with E-state index < -0.39 is 0 Å². The molecule has 1 aromatic rings. The van der Waals surface area contributed by atoms with E-state index in [1.165, 1.54) is 6.07 Å². The average molecular weight is 332 g/mol. The zero-order valence-corrected chi connectivity index (χ0v) is 12.7. The van der Waals surface area contributed by atoms with Gasteiger partial charge in [0.2, 0.25) is 0 Å². The summed E-state index contributed by atoms with van der Waals surface area (Å²) in [4.78, 5) is 4.21. The fourth-order valence-electron chi connectivity index (χ4n) is 1.59. The van der Waals surface area contributed by atoms with Crippen LogP contribution in [0.15, 0.2) is 27.7 Å². The number of hydrogen-bond acceptors (Lipinski definition) is 2. The third-order valence-electron chi connectivity index (χ3n) is 2.48. The van der Waals surface area contributed by atoms with Crippen molar-refractivity contribution in [3.8, 4) is 0 Å². The number of nitrogens with zero attached hydrogens (tertiary/aromatic N) is 1. The van der Waals surface area contributed by atoms with Crippen LogP contribution in [-0.4, -0.2) is 32.3 Å². The van der Waals surface area contributed by atoms with Gasteiger partial charge in [-0.1, -0.05) is 6.07 Å². The summed E-state index contributed by atoms with van der Waals surface area (Å²) in [5, 5.41) is 3.02. The largest absolute Gasteiger partial charge is 0.383 e. The Balaban J connectivity index is 2.41. The number of nitrogens with one attached hydrogen (secondary N) is 1. The molecule has 0 aliphatic rings. The van der Waals surface area contributed by atoms with Gasteiger partial charge in [0, 0.05) is 19.7 Å². The van der Waals surface area contributed by atoms with Crippen molar-refractivity contribution in [3.05, 3.63) is 34.1 Å². The molecule has 1 aromatic carbocycles. The number of guanidine groups is 1. The highest BCUT2D eigenvalue weighted by molar-refractivity contribution is 9.10. The topological polar surface area (TPSA) is 59.6 Å². The van der Waals surface area contributed by atoms with Crippen molar-refractivity contribution in [3.63, 3.8) is 0 Å². The van der Waals surface area contributed by atoms with E-state index in [-0.39, 0.29) is 11.9 Å². The number of aliphatic imine (C=N–C) groups is 1. The van der Waals surface area contributed by atoms with Gasteiger partial charge in [-0.15, -0.1) is 0 Å². The third kappa shape index (κ3) is 6.02. The minimum absolute atomic E-state index is 0.119. The highest BCUT2D eigenvalue weighted by Gasteiger charge is 2.02. The molecule has 0 heterocycles. The summed E-state index contributed by atoms with van der Waals surface area (Å²) < 4.78 is 18.5. The summed E-state index contributed by atoms with van der Waals surface area (Å²) in [7, 11) is 1.64. The Bertz CT molecular complexity index is 440. The molecule has 0 amide bonds. The van der Waals surface area contributed by atoms with E-state index in [0.29, 0.717) is 30.0 Å². The lowest BCUT2D eigenvalue weighted by molar-refractivity contribution is 0.179. The predicted octanol–water partition coefficient (Wildman–Crippen LogP) is 2.07. The van der Waals surface area contributed by atoms with Crippen molar-refractivity contribution >= 4 is 21.9 Å². The SMILES string of the molecule is COCC(C)NC(N)=NCCc1ccc(F)c(Br)c1. The second kappa shape index (κ2) is 8.12. The number of benzene rings is 1. The van der Waals surface area contributed by atoms with E-state index in [0.717, 1.165) is 5.56 Å². The quantitative estimate of drug-likeness (QED) is 0.619. The molecule has 0 saturated carbocycles. The number of rotatable bonds is 6. The Hall–Kier alpha value is -1.14. The molecule has 6 heteroatoms. The van der Waals surface area contributed by atoms with E-state index in [2.05, 4.69) is 26.2 Å². The molecule has 19 heavy (non-hydrogen) atoms. The lowest BCUT2D eigenvalue weighted by Crippen LogP contribution is -2.40. The number of nitrogens with two attached hydrogens (primary N) is 1. The van der Waals surface area contributed by atoms with Crippen molar-refractivity contribution in [1.82, 2.24) is 5.32 Å². The van der Waals surface area contributed by atoms with Gasteiger partial charge in [-0.3, -0.25) is 4.99 Å². The summed E-state index contributed by atoms with van der Waals surface area (Å²) in [6, 6.07) is 5.05. The predicted molar refractivity (Wildman–Crippen MR) is 78.8 cm³/mol. The van der Waals surface area contributed by atoms with Crippen LogP contribution in [0.1, 0.15) is 12.5 Å². The first-order valence-corrected chi connectivity index (χ1v) is 6.81. The van der Waals surface area contributed by atoms with Gasteiger partial charge in [-0.05, 0) is 47.0 Å². The summed E-state index contributed by atoms with van der Waals surface area (Å²) >= 11 is 3.16. The molecule has 0 aliphatic carbocycles. The van der Waals surface area contributed by atoms with Crippen molar-refractivity contribution in [1.29, 1.82) is 0 Å². The molecule has 0 bridgehead atoms. The minimum Gasteiger partial charge on any atom is -0.383 e. The van der Waals surface area contributed by atoms with Crippen LogP contribution < -0.4 is 11.1 Å². The molecule has 0 aromatic heterocycles. The maximum Gasteiger partial charge on any atom is 0.188 e. The molecular weight excluding hydrogens is 313 g/mol. The molecule has 0 fully saturated rings.